The van der Waals surface area contributed by atoms with Gasteiger partial charge < -0.3 is 52.8 Å². The fourth-order valence-corrected chi connectivity index (χ4v) is 8.88. The summed E-state index contributed by atoms with van der Waals surface area (Å²) in [5.41, 5.74) is 25.5. The zero-order valence-electron chi connectivity index (χ0n) is 39.1. The van der Waals surface area contributed by atoms with Gasteiger partial charge in [-0.3, -0.25) is 29.0 Å². The van der Waals surface area contributed by atoms with E-state index < -0.39 is 53.7 Å². The van der Waals surface area contributed by atoms with E-state index in [2.05, 4.69) is 53.3 Å². The molecule has 67 heavy (non-hydrogen) atoms. The average Bonchev–Trinajstić information content (AvgIpc) is 3.61. The minimum absolute atomic E-state index is 0.00708. The van der Waals surface area contributed by atoms with E-state index in [9.17, 15) is 29.2 Å². The Labute approximate surface area is 391 Å². The number of ether oxygens (including phenoxy) is 2. The Bertz CT molecular complexity index is 2550. The smallest absolute Gasteiger partial charge is 0.254 e. The Kier molecular flexibility index (Phi) is 16.0. The normalized spacial score (nSPS) is 17.9. The Morgan fingerprint density at radius 3 is 2.27 bits per heavy atom. The molecule has 1 aliphatic heterocycles. The van der Waals surface area contributed by atoms with Crippen molar-refractivity contribution in [2.24, 2.45) is 17.2 Å². The second kappa shape index (κ2) is 21.6. The average molecular weight is 915 g/mol. The molecule has 1 aliphatic carbocycles. The van der Waals surface area contributed by atoms with Crippen LogP contribution in [0.25, 0.3) is 22.4 Å². The first-order valence-corrected chi connectivity index (χ1v) is 22.6. The molecule has 4 bridgehead atoms. The maximum atomic E-state index is 14.8. The SMILES string of the molecule is Cc1cc(-c2ccc3c(c2)CCC3(C)C)nc(C)c1C(=O)NC(CCN)C(=O)N(C)[C@@H]1C(=O)N[C@@H](C)C(=O)N[C@H](C(=O)NCC#N)Cc2ccc(OCCN)c(c2)-c2cc1ccc2OCCN. The molecule has 0 saturated heterocycles. The summed E-state index contributed by atoms with van der Waals surface area (Å²) >= 11 is 0. The topological polar surface area (TPSA) is 270 Å². The molecule has 6 rings (SSSR count). The van der Waals surface area contributed by atoms with Crippen LogP contribution in [-0.4, -0.2) is 104 Å². The van der Waals surface area contributed by atoms with Gasteiger partial charge in [-0.05, 0) is 116 Å². The molecule has 4 aromatic rings. The summed E-state index contributed by atoms with van der Waals surface area (Å²) in [6.07, 6.45) is 2.09. The largest absolute Gasteiger partial charge is 0.492 e. The fraction of sp³-hybridized carbons (Fsp3) is 0.420. The van der Waals surface area contributed by atoms with E-state index in [4.69, 9.17) is 31.7 Å². The molecule has 0 fully saturated rings. The second-order valence-corrected chi connectivity index (χ2v) is 17.7. The number of aromatic nitrogens is 1. The molecule has 5 amide bonds. The molecule has 4 atom stereocenters. The monoisotopic (exact) mass is 914 g/mol. The number of fused-ring (bicyclic) bond motifs is 6. The van der Waals surface area contributed by atoms with E-state index in [0.29, 0.717) is 50.6 Å². The van der Waals surface area contributed by atoms with E-state index in [1.807, 2.05) is 19.1 Å². The van der Waals surface area contributed by atoms with Crippen molar-refractivity contribution in [3.63, 3.8) is 0 Å². The predicted octanol–water partition coefficient (Wildman–Crippen LogP) is 2.76. The number of nitriles is 1. The van der Waals surface area contributed by atoms with Crippen LogP contribution in [0, 0.1) is 25.2 Å². The number of nitrogens with one attached hydrogen (secondary N) is 4. The van der Waals surface area contributed by atoms with Gasteiger partial charge in [0, 0.05) is 43.2 Å². The van der Waals surface area contributed by atoms with Gasteiger partial charge in [-0.15, -0.1) is 0 Å². The summed E-state index contributed by atoms with van der Waals surface area (Å²) in [5, 5.41) is 20.0. The molecule has 1 aromatic heterocycles. The molecular weight excluding hydrogens is 853 g/mol. The van der Waals surface area contributed by atoms with Gasteiger partial charge in [0.25, 0.3) is 5.91 Å². The molecule has 0 spiro atoms. The van der Waals surface area contributed by atoms with Crippen LogP contribution in [0.1, 0.15) is 83.5 Å². The second-order valence-electron chi connectivity index (χ2n) is 17.7. The first kappa shape index (κ1) is 49.6. The molecule has 0 radical (unpaired) electrons. The summed E-state index contributed by atoms with van der Waals surface area (Å²) in [6, 6.07) is 15.4. The highest BCUT2D eigenvalue weighted by atomic mass is 16.5. The third kappa shape index (κ3) is 11.2. The van der Waals surface area contributed by atoms with Crippen LogP contribution in [0.5, 0.6) is 11.5 Å². The van der Waals surface area contributed by atoms with Crippen molar-refractivity contribution in [3.05, 3.63) is 99.7 Å². The maximum absolute atomic E-state index is 14.8. The first-order valence-electron chi connectivity index (χ1n) is 22.6. The number of nitrogens with two attached hydrogens (primary N) is 3. The summed E-state index contributed by atoms with van der Waals surface area (Å²) in [6.45, 7) is 9.94. The van der Waals surface area contributed by atoms with Crippen molar-refractivity contribution in [1.82, 2.24) is 31.2 Å². The maximum Gasteiger partial charge on any atom is 0.254 e. The summed E-state index contributed by atoms with van der Waals surface area (Å²) in [5.74, 6) is -2.43. The number of aryl methyl sites for hydroxylation is 3. The first-order chi connectivity index (χ1) is 32.0. The molecular formula is C50H62N10O7. The lowest BCUT2D eigenvalue weighted by Crippen LogP contribution is -2.56. The molecule has 3 aromatic carbocycles. The predicted molar refractivity (Wildman–Crippen MR) is 254 cm³/mol. The lowest BCUT2D eigenvalue weighted by molar-refractivity contribution is -0.141. The number of pyridine rings is 1. The van der Waals surface area contributed by atoms with Crippen LogP contribution in [-0.2, 0) is 37.4 Å². The van der Waals surface area contributed by atoms with E-state index in [1.54, 1.807) is 43.3 Å². The van der Waals surface area contributed by atoms with Crippen molar-refractivity contribution in [2.75, 3.05) is 46.4 Å². The molecule has 2 aliphatic rings. The van der Waals surface area contributed by atoms with Gasteiger partial charge in [0.15, 0.2) is 0 Å². The van der Waals surface area contributed by atoms with Crippen molar-refractivity contribution < 1.29 is 33.4 Å². The van der Waals surface area contributed by atoms with Crippen molar-refractivity contribution in [2.45, 2.75) is 89.9 Å². The molecule has 17 heteroatoms. The van der Waals surface area contributed by atoms with Gasteiger partial charge in [-0.1, -0.05) is 38.1 Å². The van der Waals surface area contributed by atoms with Crippen LogP contribution < -0.4 is 47.9 Å². The number of rotatable bonds is 15. The summed E-state index contributed by atoms with van der Waals surface area (Å²) in [7, 11) is 1.44. The van der Waals surface area contributed by atoms with Crippen LogP contribution >= 0.6 is 0 Å². The number of carbonyl (C=O) groups excluding carboxylic acids is 5. The van der Waals surface area contributed by atoms with Gasteiger partial charge in [-0.2, -0.15) is 5.26 Å². The zero-order chi connectivity index (χ0) is 48.6. The Balaban J connectivity index is 1.38. The third-order valence-electron chi connectivity index (χ3n) is 12.4. The standard InChI is InChI=1S/C50H62N10O7/c1-28-23-39(33-8-10-37-32(26-33)13-15-50(37,4)5)56-29(2)43(28)47(63)58-38(14-16-51)49(65)60(6)44-34-9-12-42(67-22-19-54)36(27-34)35-24-31(7-11-41(35)66-21-18-53)25-40(46(62)55-20-17-52)59-45(61)30(3)57-48(44)64/h7-12,23-24,26-27,30,38,40,44H,13-16,18-22,25,51,53-54H2,1-6H3,(H,55,62)(H,57,64)(H,58,63)(H,59,61)/t30-,38?,40-,44-/m0/s1. The summed E-state index contributed by atoms with van der Waals surface area (Å²) in [4.78, 5) is 76.8. The number of hydrogen-bond donors (Lipinski definition) is 7. The Hall–Kier alpha value is -6.87. The highest BCUT2D eigenvalue weighted by molar-refractivity contribution is 6.01. The number of likely N-dealkylation sites (N-methyl/N-ethyl adjacent to an activating group) is 1. The van der Waals surface area contributed by atoms with Crippen molar-refractivity contribution in [3.8, 4) is 40.0 Å². The lowest BCUT2D eigenvalue weighted by atomic mass is 9.86. The third-order valence-corrected chi connectivity index (χ3v) is 12.4. The quantitative estimate of drug-likeness (QED) is 0.0849. The fourth-order valence-electron chi connectivity index (χ4n) is 8.88. The van der Waals surface area contributed by atoms with Crippen LogP contribution in [0.2, 0.25) is 0 Å². The number of benzene rings is 3. The van der Waals surface area contributed by atoms with E-state index >= 15 is 0 Å². The van der Waals surface area contributed by atoms with E-state index in [-0.39, 0.29) is 57.6 Å². The van der Waals surface area contributed by atoms with Crippen LogP contribution in [0.3, 0.4) is 0 Å². The zero-order valence-corrected chi connectivity index (χ0v) is 39.1. The Morgan fingerprint density at radius 1 is 0.925 bits per heavy atom. The highest BCUT2D eigenvalue weighted by Crippen LogP contribution is 2.41. The van der Waals surface area contributed by atoms with Gasteiger partial charge in [-0.25, -0.2) is 0 Å². The molecule has 10 N–H and O–H groups in total. The van der Waals surface area contributed by atoms with Crippen LogP contribution in [0.4, 0.5) is 0 Å². The number of carbonyl (C=O) groups is 5. The molecule has 0 saturated carbocycles. The number of hydrogen-bond acceptors (Lipinski definition) is 12. The lowest BCUT2D eigenvalue weighted by Gasteiger charge is -2.32. The van der Waals surface area contributed by atoms with E-state index in [0.717, 1.165) is 24.1 Å². The minimum atomic E-state index is -1.39. The Morgan fingerprint density at radius 2 is 1.61 bits per heavy atom. The van der Waals surface area contributed by atoms with Crippen molar-refractivity contribution in [1.29, 1.82) is 5.26 Å². The minimum Gasteiger partial charge on any atom is -0.492 e. The van der Waals surface area contributed by atoms with Gasteiger partial charge in [0.2, 0.25) is 23.6 Å². The van der Waals surface area contributed by atoms with E-state index in [1.165, 1.54) is 30.0 Å². The van der Waals surface area contributed by atoms with Crippen molar-refractivity contribution >= 4 is 29.5 Å². The number of amides is 5. The highest BCUT2D eigenvalue weighted by Gasteiger charge is 2.37. The molecule has 17 nitrogen and oxygen atoms in total. The summed E-state index contributed by atoms with van der Waals surface area (Å²) < 4.78 is 12.2. The molecule has 2 heterocycles. The molecule has 1 unspecified atom stereocenters. The van der Waals surface area contributed by atoms with Gasteiger partial charge in [0.05, 0.1) is 23.0 Å². The van der Waals surface area contributed by atoms with Gasteiger partial charge in [0.1, 0.15) is 55.4 Å². The van der Waals surface area contributed by atoms with Crippen LogP contribution in [0.15, 0.2) is 60.7 Å². The molecule has 354 valence electrons. The van der Waals surface area contributed by atoms with Gasteiger partial charge >= 0.3 is 0 Å². The number of nitrogens with zero attached hydrogens (tertiary/aromatic N) is 3.